The van der Waals surface area contributed by atoms with Crippen LogP contribution in [0.1, 0.15) is 47.3 Å². The van der Waals surface area contributed by atoms with Gasteiger partial charge in [-0.15, -0.1) is 0 Å². The number of halogens is 1. The number of aromatic nitrogens is 2. The fourth-order valence-corrected chi connectivity index (χ4v) is 4.58. The third-order valence-corrected chi connectivity index (χ3v) is 6.25. The molecule has 0 saturated carbocycles. The van der Waals surface area contributed by atoms with Crippen molar-refractivity contribution in [1.82, 2.24) is 9.97 Å². The first kappa shape index (κ1) is 22.3. The minimum atomic E-state index is -0.384. The molecule has 2 N–H and O–H groups in total. The van der Waals surface area contributed by atoms with E-state index >= 15 is 4.39 Å². The Labute approximate surface area is 186 Å². The van der Waals surface area contributed by atoms with Crippen LogP contribution in [0.15, 0.2) is 12.1 Å². The summed E-state index contributed by atoms with van der Waals surface area (Å²) in [5, 5.41) is 9.95. The van der Waals surface area contributed by atoms with E-state index in [0.29, 0.717) is 23.7 Å². The quantitative estimate of drug-likeness (QED) is 0.422. The van der Waals surface area contributed by atoms with E-state index in [1.165, 1.54) is 13.2 Å². The number of esters is 1. The molecule has 2 aromatic heterocycles. The molecule has 4 rings (SSSR count). The average molecular weight is 441 g/mol. The second-order valence-electron chi connectivity index (χ2n) is 8.33. The molecule has 3 aromatic rings. The molecule has 0 radical (unpaired) electrons. The highest BCUT2D eigenvalue weighted by Crippen LogP contribution is 2.41. The number of H-pyrrole nitrogens is 1. The van der Waals surface area contributed by atoms with Crippen LogP contribution in [0.5, 0.6) is 5.75 Å². The summed E-state index contributed by atoms with van der Waals surface area (Å²) in [6, 6.07) is 3.55. The zero-order valence-corrected chi connectivity index (χ0v) is 18.8. The number of aliphatic hydroxyl groups excluding tert-OH is 1. The minimum absolute atomic E-state index is 0.0558. The Balaban J connectivity index is 1.96. The lowest BCUT2D eigenvalue weighted by Gasteiger charge is -2.23. The van der Waals surface area contributed by atoms with Gasteiger partial charge in [-0.05, 0) is 80.3 Å². The van der Waals surface area contributed by atoms with Crippen molar-refractivity contribution in [2.24, 2.45) is 0 Å². The fourth-order valence-electron chi connectivity index (χ4n) is 4.58. The Morgan fingerprint density at radius 1 is 1.31 bits per heavy atom. The minimum Gasteiger partial charge on any atom is -0.490 e. The number of nitrogens with zero attached hydrogens (tertiary/aromatic N) is 1. The first-order valence-corrected chi connectivity index (χ1v) is 11.1. The number of unbranched alkanes of at least 4 members (excludes halogenated alkanes) is 1. The predicted molar refractivity (Wildman–Crippen MR) is 121 cm³/mol. The van der Waals surface area contributed by atoms with Gasteiger partial charge in [-0.1, -0.05) is 0 Å². The zero-order chi connectivity index (χ0) is 22.8. The largest absolute Gasteiger partial charge is 0.490 e. The molecule has 0 unspecified atom stereocenters. The number of benzene rings is 1. The zero-order valence-electron chi connectivity index (χ0n) is 18.8. The number of carbonyl (C=O) groups excluding carboxylic acids is 1. The number of rotatable bonds is 7. The number of hydrogen-bond donors (Lipinski definition) is 2. The molecular weight excluding hydrogens is 411 g/mol. The molecule has 32 heavy (non-hydrogen) atoms. The Hall–Kier alpha value is -2.93. The van der Waals surface area contributed by atoms with E-state index in [9.17, 15) is 4.79 Å². The molecule has 6 nitrogen and oxygen atoms in total. The van der Waals surface area contributed by atoms with Crippen LogP contribution in [0.4, 0.5) is 4.39 Å². The number of hydrogen-bond acceptors (Lipinski definition) is 5. The monoisotopic (exact) mass is 440 g/mol. The molecule has 0 bridgehead atoms. The summed E-state index contributed by atoms with van der Waals surface area (Å²) in [5.41, 5.74) is 6.56. The smallest absolute Gasteiger partial charge is 0.310 e. The van der Waals surface area contributed by atoms with Gasteiger partial charge in [0.05, 0.1) is 20.1 Å². The van der Waals surface area contributed by atoms with Gasteiger partial charge in [0.25, 0.3) is 0 Å². The van der Waals surface area contributed by atoms with Crippen LogP contribution in [0, 0.1) is 19.7 Å². The average Bonchev–Trinajstić information content (AvgIpc) is 3.19. The van der Waals surface area contributed by atoms with Crippen molar-refractivity contribution in [3.8, 4) is 16.9 Å². The lowest BCUT2D eigenvalue weighted by molar-refractivity contribution is -0.139. The van der Waals surface area contributed by atoms with Crippen molar-refractivity contribution in [2.75, 3.05) is 20.3 Å². The van der Waals surface area contributed by atoms with E-state index in [4.69, 9.17) is 19.6 Å². The van der Waals surface area contributed by atoms with Crippen LogP contribution in [0.25, 0.3) is 22.2 Å². The predicted octanol–water partition coefficient (Wildman–Crippen LogP) is 4.34. The summed E-state index contributed by atoms with van der Waals surface area (Å²) in [5.74, 6) is -0.410. The van der Waals surface area contributed by atoms with E-state index in [1.807, 2.05) is 19.9 Å². The summed E-state index contributed by atoms with van der Waals surface area (Å²) in [7, 11) is 1.36. The first-order valence-electron chi connectivity index (χ1n) is 11.1. The number of fused-ring (bicyclic) bond motifs is 2. The number of ether oxygens (including phenoxy) is 2. The van der Waals surface area contributed by atoms with Gasteiger partial charge in [-0.2, -0.15) is 0 Å². The molecule has 0 saturated heterocycles. The van der Waals surface area contributed by atoms with Crippen LogP contribution < -0.4 is 4.74 Å². The lowest BCUT2D eigenvalue weighted by atomic mass is 9.87. The van der Waals surface area contributed by atoms with E-state index in [1.54, 1.807) is 0 Å². The Bertz CT molecular complexity index is 1170. The van der Waals surface area contributed by atoms with Gasteiger partial charge in [0, 0.05) is 28.9 Å². The number of aromatic amines is 1. The van der Waals surface area contributed by atoms with Crippen molar-refractivity contribution in [3.63, 3.8) is 0 Å². The van der Waals surface area contributed by atoms with Crippen molar-refractivity contribution in [2.45, 2.75) is 52.4 Å². The first-order chi connectivity index (χ1) is 15.4. The summed E-state index contributed by atoms with van der Waals surface area (Å²) in [6.07, 6.45) is 3.99. The fraction of sp³-hybridized carbons (Fsp3) is 0.440. The van der Waals surface area contributed by atoms with Gasteiger partial charge < -0.3 is 19.6 Å². The van der Waals surface area contributed by atoms with E-state index in [-0.39, 0.29) is 24.8 Å². The van der Waals surface area contributed by atoms with Crippen LogP contribution in [0.2, 0.25) is 0 Å². The molecule has 3 heterocycles. The number of methoxy groups -OCH3 is 1. The number of nitrogens with one attached hydrogen (secondary N) is 1. The maximum absolute atomic E-state index is 15.1. The topological polar surface area (TPSA) is 84.4 Å². The number of carbonyl (C=O) groups is 1. The van der Waals surface area contributed by atoms with Gasteiger partial charge >= 0.3 is 5.97 Å². The van der Waals surface area contributed by atoms with Crippen LogP contribution in [-0.2, 0) is 28.8 Å². The molecule has 0 fully saturated rings. The molecule has 0 aliphatic carbocycles. The highest BCUT2D eigenvalue weighted by molar-refractivity contribution is 5.98. The second-order valence-corrected chi connectivity index (χ2v) is 8.33. The molecule has 1 aliphatic rings. The van der Waals surface area contributed by atoms with E-state index in [0.717, 1.165) is 71.0 Å². The maximum atomic E-state index is 15.1. The van der Waals surface area contributed by atoms with Crippen molar-refractivity contribution in [1.29, 1.82) is 0 Å². The molecular formula is C25H29FN2O4. The summed E-state index contributed by atoms with van der Waals surface area (Å²) < 4.78 is 25.7. The van der Waals surface area contributed by atoms with Crippen molar-refractivity contribution >= 4 is 17.0 Å². The van der Waals surface area contributed by atoms with Crippen molar-refractivity contribution < 1.29 is 23.8 Å². The SMILES string of the molecule is COC(=O)Cc1c(C)nc2[nH]c(CCCCO)cc2c1-c1cc(F)c2c(c1C)CCCO2. The Kier molecular flexibility index (Phi) is 6.46. The number of pyridine rings is 1. The number of aliphatic hydroxyl groups is 1. The molecule has 0 atom stereocenters. The Morgan fingerprint density at radius 3 is 2.88 bits per heavy atom. The number of aryl methyl sites for hydroxylation is 2. The molecule has 0 spiro atoms. The standard InChI is InChI=1S/C25H29FN2O4/c1-14-17-8-6-10-32-24(17)21(26)12-18(14)23-19(13-22(30)31-3)15(2)27-25-20(23)11-16(28-25)7-4-5-9-29/h11-12,29H,4-10,13H2,1-3H3,(H,27,28). The highest BCUT2D eigenvalue weighted by Gasteiger charge is 2.25. The van der Waals surface area contributed by atoms with Gasteiger partial charge in [-0.25, -0.2) is 9.37 Å². The normalized spacial score (nSPS) is 13.2. The van der Waals surface area contributed by atoms with Crippen LogP contribution >= 0.6 is 0 Å². The summed E-state index contributed by atoms with van der Waals surface area (Å²) in [6.45, 7) is 4.52. The molecule has 0 amide bonds. The lowest BCUT2D eigenvalue weighted by Crippen LogP contribution is -2.13. The molecule has 1 aromatic carbocycles. The van der Waals surface area contributed by atoms with E-state index in [2.05, 4.69) is 4.98 Å². The highest BCUT2D eigenvalue weighted by atomic mass is 19.1. The van der Waals surface area contributed by atoms with Gasteiger partial charge in [0.2, 0.25) is 0 Å². The summed E-state index contributed by atoms with van der Waals surface area (Å²) in [4.78, 5) is 20.3. The summed E-state index contributed by atoms with van der Waals surface area (Å²) >= 11 is 0. The van der Waals surface area contributed by atoms with Gasteiger partial charge in [0.15, 0.2) is 11.6 Å². The van der Waals surface area contributed by atoms with Crippen molar-refractivity contribution in [3.05, 3.63) is 46.0 Å². The van der Waals surface area contributed by atoms with Gasteiger partial charge in [0.1, 0.15) is 5.65 Å². The van der Waals surface area contributed by atoms with Crippen LogP contribution in [0.3, 0.4) is 0 Å². The third-order valence-electron chi connectivity index (χ3n) is 6.25. The molecule has 170 valence electrons. The Morgan fingerprint density at radius 2 is 2.12 bits per heavy atom. The maximum Gasteiger partial charge on any atom is 0.310 e. The van der Waals surface area contributed by atoms with Gasteiger partial charge in [-0.3, -0.25) is 4.79 Å². The third kappa shape index (κ3) is 4.09. The van der Waals surface area contributed by atoms with E-state index < -0.39 is 0 Å². The molecule has 7 heteroatoms. The second kappa shape index (κ2) is 9.28. The van der Waals surface area contributed by atoms with Crippen LogP contribution in [-0.4, -0.2) is 41.4 Å². The molecule has 1 aliphatic heterocycles.